The van der Waals surface area contributed by atoms with E-state index in [4.69, 9.17) is 20.9 Å². The standard InChI is InChI=1S/C16H15ClN4O2/c1-22-14-11(4-2-6-12(14)17)15-19-16(23-20-15)10-5-3-9-21-13(10)7-8-18-21/h2,4,6-8,10H,3,5,9H2,1H3. The molecular weight excluding hydrogens is 316 g/mol. The maximum atomic E-state index is 6.16. The first-order valence-corrected chi connectivity index (χ1v) is 7.84. The monoisotopic (exact) mass is 330 g/mol. The van der Waals surface area contributed by atoms with Crippen LogP contribution in [0.3, 0.4) is 0 Å². The Morgan fingerprint density at radius 3 is 3.13 bits per heavy atom. The molecule has 0 amide bonds. The van der Waals surface area contributed by atoms with Gasteiger partial charge in [0.05, 0.1) is 29.3 Å². The van der Waals surface area contributed by atoms with Gasteiger partial charge in [0.2, 0.25) is 11.7 Å². The van der Waals surface area contributed by atoms with Crippen LogP contribution in [-0.4, -0.2) is 27.0 Å². The van der Waals surface area contributed by atoms with E-state index in [0.29, 0.717) is 22.5 Å². The number of rotatable bonds is 3. The zero-order chi connectivity index (χ0) is 15.8. The van der Waals surface area contributed by atoms with Crippen molar-refractivity contribution in [3.8, 4) is 17.1 Å². The smallest absolute Gasteiger partial charge is 0.236 e. The Hall–Kier alpha value is -2.34. The fraction of sp³-hybridized carbons (Fsp3) is 0.312. The number of fused-ring (bicyclic) bond motifs is 1. The third-order valence-electron chi connectivity index (χ3n) is 4.12. The largest absolute Gasteiger partial charge is 0.494 e. The predicted octanol–water partition coefficient (Wildman–Crippen LogP) is 3.52. The van der Waals surface area contributed by atoms with Crippen molar-refractivity contribution in [3.05, 3.63) is 47.1 Å². The molecule has 3 heterocycles. The topological polar surface area (TPSA) is 66.0 Å². The highest BCUT2D eigenvalue weighted by atomic mass is 35.5. The third-order valence-corrected chi connectivity index (χ3v) is 4.42. The van der Waals surface area contributed by atoms with E-state index in [-0.39, 0.29) is 5.92 Å². The molecule has 0 fully saturated rings. The van der Waals surface area contributed by atoms with Crippen molar-refractivity contribution >= 4 is 11.6 Å². The summed E-state index contributed by atoms with van der Waals surface area (Å²) in [5.74, 6) is 1.72. The maximum Gasteiger partial charge on any atom is 0.236 e. The molecule has 1 aliphatic heterocycles. The summed E-state index contributed by atoms with van der Waals surface area (Å²) >= 11 is 6.16. The highest BCUT2D eigenvalue weighted by molar-refractivity contribution is 6.32. The normalized spacial score (nSPS) is 17.0. The molecule has 0 aliphatic carbocycles. The first kappa shape index (κ1) is 14.3. The van der Waals surface area contributed by atoms with Crippen LogP contribution >= 0.6 is 11.6 Å². The Morgan fingerprint density at radius 2 is 2.26 bits per heavy atom. The Balaban J connectivity index is 1.73. The van der Waals surface area contributed by atoms with Crippen molar-refractivity contribution in [2.45, 2.75) is 25.3 Å². The number of benzene rings is 1. The first-order chi connectivity index (χ1) is 11.3. The number of aryl methyl sites for hydroxylation is 1. The molecule has 0 bridgehead atoms. The minimum atomic E-state index is 0.0812. The maximum absolute atomic E-state index is 6.16. The quantitative estimate of drug-likeness (QED) is 0.735. The number of aromatic nitrogens is 4. The van der Waals surface area contributed by atoms with Crippen LogP contribution in [0.2, 0.25) is 5.02 Å². The molecule has 1 aliphatic rings. The summed E-state index contributed by atoms with van der Waals surface area (Å²) in [7, 11) is 1.57. The number of hydrogen-bond acceptors (Lipinski definition) is 5. The van der Waals surface area contributed by atoms with E-state index in [9.17, 15) is 0 Å². The van der Waals surface area contributed by atoms with Gasteiger partial charge in [-0.25, -0.2) is 0 Å². The van der Waals surface area contributed by atoms with E-state index in [2.05, 4.69) is 15.2 Å². The summed E-state index contributed by atoms with van der Waals surface area (Å²) in [5.41, 5.74) is 1.84. The van der Waals surface area contributed by atoms with E-state index in [1.54, 1.807) is 13.2 Å². The van der Waals surface area contributed by atoms with Gasteiger partial charge in [-0.1, -0.05) is 22.8 Å². The zero-order valence-corrected chi connectivity index (χ0v) is 13.3. The molecular formula is C16H15ClN4O2. The lowest BCUT2D eigenvalue weighted by atomic mass is 9.96. The summed E-state index contributed by atoms with van der Waals surface area (Å²) in [4.78, 5) is 4.57. The van der Waals surface area contributed by atoms with E-state index in [0.717, 1.165) is 30.6 Å². The molecule has 0 spiro atoms. The Labute approximate surface area is 138 Å². The van der Waals surface area contributed by atoms with Crippen LogP contribution in [0.25, 0.3) is 11.4 Å². The summed E-state index contributed by atoms with van der Waals surface area (Å²) in [5, 5.41) is 8.96. The Morgan fingerprint density at radius 1 is 1.35 bits per heavy atom. The summed E-state index contributed by atoms with van der Waals surface area (Å²) in [6.07, 6.45) is 3.82. The molecule has 1 atom stereocenters. The molecule has 1 unspecified atom stereocenters. The van der Waals surface area contributed by atoms with Crippen molar-refractivity contribution in [1.82, 2.24) is 19.9 Å². The predicted molar refractivity (Wildman–Crippen MR) is 84.6 cm³/mol. The van der Waals surface area contributed by atoms with E-state index < -0.39 is 0 Å². The molecule has 0 radical (unpaired) electrons. The van der Waals surface area contributed by atoms with Crippen molar-refractivity contribution in [2.24, 2.45) is 0 Å². The number of methoxy groups -OCH3 is 1. The molecule has 1 aromatic carbocycles. The van der Waals surface area contributed by atoms with Crippen LogP contribution in [0, 0.1) is 0 Å². The van der Waals surface area contributed by atoms with Crippen LogP contribution in [-0.2, 0) is 6.54 Å². The van der Waals surface area contributed by atoms with Crippen molar-refractivity contribution in [2.75, 3.05) is 7.11 Å². The first-order valence-electron chi connectivity index (χ1n) is 7.46. The molecule has 23 heavy (non-hydrogen) atoms. The van der Waals surface area contributed by atoms with Gasteiger partial charge in [0.15, 0.2) is 0 Å². The van der Waals surface area contributed by atoms with E-state index in [1.807, 2.05) is 29.1 Å². The molecule has 0 N–H and O–H groups in total. The van der Waals surface area contributed by atoms with Crippen LogP contribution in [0.5, 0.6) is 5.75 Å². The molecule has 118 valence electrons. The van der Waals surface area contributed by atoms with Crippen LogP contribution in [0.15, 0.2) is 35.0 Å². The van der Waals surface area contributed by atoms with Crippen molar-refractivity contribution in [1.29, 1.82) is 0 Å². The Kier molecular flexibility index (Phi) is 3.53. The van der Waals surface area contributed by atoms with Gasteiger partial charge in [-0.3, -0.25) is 4.68 Å². The molecule has 2 aromatic heterocycles. The van der Waals surface area contributed by atoms with Crippen LogP contribution in [0.4, 0.5) is 0 Å². The van der Waals surface area contributed by atoms with Crippen LogP contribution in [0.1, 0.15) is 30.3 Å². The number of hydrogen-bond donors (Lipinski definition) is 0. The third kappa shape index (κ3) is 2.39. The summed E-state index contributed by atoms with van der Waals surface area (Å²) in [6, 6.07) is 7.48. The highest BCUT2D eigenvalue weighted by Crippen LogP contribution is 2.37. The Bertz CT molecular complexity index is 842. The number of para-hydroxylation sites is 1. The lowest BCUT2D eigenvalue weighted by Crippen LogP contribution is -2.17. The summed E-state index contributed by atoms with van der Waals surface area (Å²) in [6.45, 7) is 0.932. The van der Waals surface area contributed by atoms with Gasteiger partial charge < -0.3 is 9.26 Å². The van der Waals surface area contributed by atoms with Crippen LogP contribution < -0.4 is 4.74 Å². The second-order valence-electron chi connectivity index (χ2n) is 5.45. The second kappa shape index (κ2) is 5.70. The number of nitrogens with zero attached hydrogens (tertiary/aromatic N) is 4. The minimum absolute atomic E-state index is 0.0812. The van der Waals surface area contributed by atoms with Gasteiger partial charge in [-0.05, 0) is 31.0 Å². The molecule has 6 nitrogen and oxygen atoms in total. The second-order valence-corrected chi connectivity index (χ2v) is 5.86. The zero-order valence-electron chi connectivity index (χ0n) is 12.6. The average molecular weight is 331 g/mol. The number of ether oxygens (including phenoxy) is 1. The highest BCUT2D eigenvalue weighted by Gasteiger charge is 2.28. The lowest BCUT2D eigenvalue weighted by molar-refractivity contribution is 0.334. The van der Waals surface area contributed by atoms with Gasteiger partial charge >= 0.3 is 0 Å². The lowest BCUT2D eigenvalue weighted by Gasteiger charge is -2.20. The van der Waals surface area contributed by atoms with E-state index in [1.165, 1.54) is 0 Å². The van der Waals surface area contributed by atoms with Gasteiger partial charge in [0.25, 0.3) is 0 Å². The van der Waals surface area contributed by atoms with Crippen molar-refractivity contribution < 1.29 is 9.26 Å². The number of halogens is 1. The van der Waals surface area contributed by atoms with Gasteiger partial charge in [0, 0.05) is 12.7 Å². The average Bonchev–Trinajstić information content (AvgIpc) is 3.23. The molecule has 4 rings (SSSR count). The van der Waals surface area contributed by atoms with Crippen molar-refractivity contribution in [3.63, 3.8) is 0 Å². The van der Waals surface area contributed by atoms with Gasteiger partial charge in [-0.2, -0.15) is 10.1 Å². The fourth-order valence-corrected chi connectivity index (χ4v) is 3.30. The summed E-state index contributed by atoms with van der Waals surface area (Å²) < 4.78 is 12.9. The molecule has 3 aromatic rings. The minimum Gasteiger partial charge on any atom is -0.494 e. The SMILES string of the molecule is COc1c(Cl)cccc1-c1noc(C2CCCn3nccc32)n1. The molecule has 0 saturated carbocycles. The molecule has 0 saturated heterocycles. The molecule has 7 heteroatoms. The van der Waals surface area contributed by atoms with Gasteiger partial charge in [0.1, 0.15) is 5.75 Å². The fourth-order valence-electron chi connectivity index (χ4n) is 3.05. The van der Waals surface area contributed by atoms with Gasteiger partial charge in [-0.15, -0.1) is 0 Å². The van der Waals surface area contributed by atoms with E-state index >= 15 is 0 Å².